The Bertz CT molecular complexity index is 372. The summed E-state index contributed by atoms with van der Waals surface area (Å²) < 4.78 is 0. The first-order valence-corrected chi connectivity index (χ1v) is 8.20. The first kappa shape index (κ1) is 17.2. The Balaban J connectivity index is 2.81. The smallest absolute Gasteiger partial charge is 0.0322 e. The molecule has 1 N–H and O–H groups in total. The van der Waals surface area contributed by atoms with Crippen LogP contribution in [0.5, 0.6) is 0 Å². The summed E-state index contributed by atoms with van der Waals surface area (Å²) >= 11 is 0. The highest BCUT2D eigenvalue weighted by Crippen LogP contribution is 2.33. The molecular formula is C19H33N. The molecule has 0 aliphatic rings. The zero-order chi connectivity index (χ0) is 15.2. The van der Waals surface area contributed by atoms with Crippen molar-refractivity contribution in [2.24, 2.45) is 11.3 Å². The Labute approximate surface area is 126 Å². The van der Waals surface area contributed by atoms with E-state index >= 15 is 0 Å². The standard InChI is InChI=1S/C19H33N/c1-7-13-20-18(14-15(3)19(4,5)6)17-11-9-16(8-2)10-12-17/h9-12,15,18,20H,7-8,13-14H2,1-6H3. The summed E-state index contributed by atoms with van der Waals surface area (Å²) in [6.07, 6.45) is 3.51. The summed E-state index contributed by atoms with van der Waals surface area (Å²) in [5, 5.41) is 3.73. The molecule has 0 saturated carbocycles. The van der Waals surface area contributed by atoms with Crippen LogP contribution in [-0.4, -0.2) is 6.54 Å². The third-order valence-electron chi connectivity index (χ3n) is 4.50. The van der Waals surface area contributed by atoms with Crippen molar-refractivity contribution in [2.75, 3.05) is 6.54 Å². The lowest BCUT2D eigenvalue weighted by atomic mass is 9.77. The van der Waals surface area contributed by atoms with E-state index < -0.39 is 0 Å². The van der Waals surface area contributed by atoms with Gasteiger partial charge in [-0.25, -0.2) is 0 Å². The number of rotatable bonds is 7. The number of aryl methyl sites for hydroxylation is 1. The molecule has 0 radical (unpaired) electrons. The van der Waals surface area contributed by atoms with Gasteiger partial charge in [-0.1, -0.05) is 65.8 Å². The molecule has 0 aliphatic carbocycles. The number of nitrogens with one attached hydrogen (secondary N) is 1. The van der Waals surface area contributed by atoms with Gasteiger partial charge in [0.25, 0.3) is 0 Å². The van der Waals surface area contributed by atoms with Gasteiger partial charge in [-0.15, -0.1) is 0 Å². The molecule has 114 valence electrons. The topological polar surface area (TPSA) is 12.0 Å². The molecular weight excluding hydrogens is 242 g/mol. The molecule has 0 heterocycles. The number of hydrogen-bond donors (Lipinski definition) is 1. The lowest BCUT2D eigenvalue weighted by molar-refractivity contribution is 0.223. The van der Waals surface area contributed by atoms with Crippen LogP contribution in [0.4, 0.5) is 0 Å². The van der Waals surface area contributed by atoms with Crippen LogP contribution in [0.2, 0.25) is 0 Å². The minimum atomic E-state index is 0.371. The third-order valence-corrected chi connectivity index (χ3v) is 4.50. The Hall–Kier alpha value is -0.820. The Morgan fingerprint density at radius 2 is 1.65 bits per heavy atom. The zero-order valence-electron chi connectivity index (χ0n) is 14.3. The van der Waals surface area contributed by atoms with Crippen LogP contribution in [-0.2, 0) is 6.42 Å². The largest absolute Gasteiger partial charge is 0.310 e. The molecule has 0 aliphatic heterocycles. The minimum Gasteiger partial charge on any atom is -0.310 e. The van der Waals surface area contributed by atoms with Crippen molar-refractivity contribution in [3.8, 4) is 0 Å². The van der Waals surface area contributed by atoms with E-state index in [1.165, 1.54) is 24.0 Å². The molecule has 0 saturated heterocycles. The van der Waals surface area contributed by atoms with Gasteiger partial charge in [-0.3, -0.25) is 0 Å². The Kier molecular flexibility index (Phi) is 6.75. The van der Waals surface area contributed by atoms with Crippen LogP contribution >= 0.6 is 0 Å². The van der Waals surface area contributed by atoms with Gasteiger partial charge >= 0.3 is 0 Å². The Morgan fingerprint density at radius 3 is 2.10 bits per heavy atom. The second kappa shape index (κ2) is 7.83. The van der Waals surface area contributed by atoms with Gasteiger partial charge in [0.2, 0.25) is 0 Å². The quantitative estimate of drug-likeness (QED) is 0.706. The van der Waals surface area contributed by atoms with E-state index in [0.717, 1.165) is 13.0 Å². The second-order valence-electron chi connectivity index (χ2n) is 7.10. The van der Waals surface area contributed by atoms with Crippen LogP contribution in [0.25, 0.3) is 0 Å². The van der Waals surface area contributed by atoms with Crippen molar-refractivity contribution >= 4 is 0 Å². The van der Waals surface area contributed by atoms with E-state index in [1.54, 1.807) is 0 Å². The fraction of sp³-hybridized carbons (Fsp3) is 0.684. The van der Waals surface area contributed by atoms with Crippen LogP contribution in [0.1, 0.15) is 71.6 Å². The summed E-state index contributed by atoms with van der Waals surface area (Å²) in [6, 6.07) is 9.65. The molecule has 1 rings (SSSR count). The second-order valence-corrected chi connectivity index (χ2v) is 7.10. The van der Waals surface area contributed by atoms with Crippen molar-refractivity contribution in [3.63, 3.8) is 0 Å². The third kappa shape index (κ3) is 5.28. The average molecular weight is 275 g/mol. The van der Waals surface area contributed by atoms with Crippen molar-refractivity contribution < 1.29 is 0 Å². The fourth-order valence-electron chi connectivity index (χ4n) is 2.35. The summed E-state index contributed by atoms with van der Waals surface area (Å²) in [5.74, 6) is 0.697. The molecule has 0 bridgehead atoms. The summed E-state index contributed by atoms with van der Waals surface area (Å²) in [5.41, 5.74) is 3.23. The average Bonchev–Trinajstić information content (AvgIpc) is 2.42. The van der Waals surface area contributed by atoms with E-state index in [1.807, 2.05) is 0 Å². The monoisotopic (exact) mass is 275 g/mol. The molecule has 1 aromatic carbocycles. The van der Waals surface area contributed by atoms with Crippen LogP contribution in [0.3, 0.4) is 0 Å². The molecule has 0 aromatic heterocycles. The van der Waals surface area contributed by atoms with Gasteiger partial charge in [0, 0.05) is 6.04 Å². The maximum atomic E-state index is 3.73. The van der Waals surface area contributed by atoms with Gasteiger partial charge in [0.05, 0.1) is 0 Å². The molecule has 1 heteroatoms. The lowest BCUT2D eigenvalue weighted by Gasteiger charge is -2.31. The molecule has 2 unspecified atom stereocenters. The zero-order valence-corrected chi connectivity index (χ0v) is 14.3. The highest BCUT2D eigenvalue weighted by atomic mass is 14.9. The lowest BCUT2D eigenvalue weighted by Crippen LogP contribution is -2.28. The Morgan fingerprint density at radius 1 is 1.05 bits per heavy atom. The maximum Gasteiger partial charge on any atom is 0.0322 e. The van der Waals surface area contributed by atoms with Crippen molar-refractivity contribution in [3.05, 3.63) is 35.4 Å². The summed E-state index contributed by atoms with van der Waals surface area (Å²) in [6.45, 7) is 14.9. The predicted molar refractivity (Wildman–Crippen MR) is 90.1 cm³/mol. The highest BCUT2D eigenvalue weighted by molar-refractivity contribution is 5.25. The van der Waals surface area contributed by atoms with Crippen LogP contribution in [0, 0.1) is 11.3 Å². The van der Waals surface area contributed by atoms with Gasteiger partial charge in [-0.2, -0.15) is 0 Å². The van der Waals surface area contributed by atoms with E-state index in [4.69, 9.17) is 0 Å². The summed E-state index contributed by atoms with van der Waals surface area (Å²) in [7, 11) is 0. The first-order chi connectivity index (χ1) is 9.38. The molecule has 20 heavy (non-hydrogen) atoms. The normalized spacial score (nSPS) is 15.1. The predicted octanol–water partition coefficient (Wildman–Crippen LogP) is 5.36. The van der Waals surface area contributed by atoms with Crippen molar-refractivity contribution in [1.29, 1.82) is 0 Å². The summed E-state index contributed by atoms with van der Waals surface area (Å²) in [4.78, 5) is 0. The first-order valence-electron chi connectivity index (χ1n) is 8.20. The van der Waals surface area contributed by atoms with Gasteiger partial charge in [-0.05, 0) is 48.3 Å². The minimum absolute atomic E-state index is 0.371. The van der Waals surface area contributed by atoms with Crippen LogP contribution < -0.4 is 5.32 Å². The van der Waals surface area contributed by atoms with E-state index in [0.29, 0.717) is 17.4 Å². The fourth-order valence-corrected chi connectivity index (χ4v) is 2.35. The number of benzene rings is 1. The molecule has 1 nitrogen and oxygen atoms in total. The van der Waals surface area contributed by atoms with E-state index in [9.17, 15) is 0 Å². The van der Waals surface area contributed by atoms with E-state index in [2.05, 4.69) is 71.1 Å². The molecule has 0 spiro atoms. The van der Waals surface area contributed by atoms with E-state index in [-0.39, 0.29) is 0 Å². The molecule has 0 fully saturated rings. The van der Waals surface area contributed by atoms with Gasteiger partial charge in [0.15, 0.2) is 0 Å². The van der Waals surface area contributed by atoms with Crippen molar-refractivity contribution in [1.82, 2.24) is 5.32 Å². The molecule has 0 amide bonds. The molecule has 1 aromatic rings. The van der Waals surface area contributed by atoms with Crippen LogP contribution in [0.15, 0.2) is 24.3 Å². The SMILES string of the molecule is CCCNC(CC(C)C(C)(C)C)c1ccc(CC)cc1. The molecule has 2 atom stereocenters. The van der Waals surface area contributed by atoms with Gasteiger partial charge in [0.1, 0.15) is 0 Å². The number of hydrogen-bond acceptors (Lipinski definition) is 1. The highest BCUT2D eigenvalue weighted by Gasteiger charge is 2.24. The maximum absolute atomic E-state index is 3.73. The van der Waals surface area contributed by atoms with Gasteiger partial charge < -0.3 is 5.32 Å². The van der Waals surface area contributed by atoms with Crippen molar-refractivity contribution in [2.45, 2.75) is 66.8 Å².